The van der Waals surface area contributed by atoms with Gasteiger partial charge in [0, 0.05) is 18.6 Å². The molecule has 0 atom stereocenters. The Balaban J connectivity index is 2.40. The lowest BCUT2D eigenvalue weighted by Gasteiger charge is -2.28. The Morgan fingerprint density at radius 3 is 2.55 bits per heavy atom. The maximum atomic E-state index is 11.4. The van der Waals surface area contributed by atoms with Crippen LogP contribution in [0.3, 0.4) is 0 Å². The molecule has 2 rings (SSSR count). The first-order chi connectivity index (χ1) is 9.38. The summed E-state index contributed by atoms with van der Waals surface area (Å²) in [6, 6.07) is 0. The zero-order chi connectivity index (χ0) is 14.8. The fourth-order valence-electron chi connectivity index (χ4n) is 1.99. The molecule has 0 saturated carbocycles. The molecule has 0 unspecified atom stereocenters. The van der Waals surface area contributed by atoms with Gasteiger partial charge in [-0.1, -0.05) is 0 Å². The first-order valence-corrected chi connectivity index (χ1v) is 6.49. The number of morpholine rings is 1. The van der Waals surface area contributed by atoms with E-state index in [1.807, 2.05) is 25.7 Å². The molecule has 0 spiro atoms. The topological polar surface area (TPSA) is 93.4 Å². The van der Waals surface area contributed by atoms with Gasteiger partial charge in [0.15, 0.2) is 0 Å². The summed E-state index contributed by atoms with van der Waals surface area (Å²) in [6.45, 7) is 8.04. The third-order valence-corrected chi connectivity index (χ3v) is 2.79. The molecule has 0 aromatic carbocycles. The maximum Gasteiger partial charge on any atom is 0.353 e. The summed E-state index contributed by atoms with van der Waals surface area (Å²) in [4.78, 5) is 20.9. The van der Waals surface area contributed by atoms with E-state index in [0.29, 0.717) is 32.1 Å². The highest BCUT2D eigenvalue weighted by Gasteiger charge is 2.29. The van der Waals surface area contributed by atoms with E-state index in [0.717, 1.165) is 0 Å². The van der Waals surface area contributed by atoms with Crippen LogP contribution in [0.2, 0.25) is 0 Å². The van der Waals surface area contributed by atoms with Gasteiger partial charge in [0.05, 0.1) is 18.1 Å². The van der Waals surface area contributed by atoms with E-state index in [2.05, 4.69) is 15.3 Å². The monoisotopic (exact) mass is 281 g/mol. The molecule has 2 heterocycles. The molecule has 110 valence electrons. The van der Waals surface area contributed by atoms with Crippen LogP contribution in [0.4, 0.5) is 17.3 Å². The number of hydrogen-bond acceptors (Lipinski definition) is 7. The van der Waals surface area contributed by atoms with Gasteiger partial charge in [0.25, 0.3) is 0 Å². The number of aromatic nitrogens is 2. The fraction of sp³-hybridized carbons (Fsp3) is 0.667. The van der Waals surface area contributed by atoms with Crippen LogP contribution in [0, 0.1) is 10.1 Å². The van der Waals surface area contributed by atoms with Crippen molar-refractivity contribution in [2.45, 2.75) is 26.3 Å². The average Bonchev–Trinajstić information content (AvgIpc) is 2.37. The highest BCUT2D eigenvalue weighted by Crippen LogP contribution is 2.33. The predicted octanol–water partition coefficient (Wildman–Crippen LogP) is 1.43. The molecular weight excluding hydrogens is 262 g/mol. The molecule has 1 N–H and O–H groups in total. The van der Waals surface area contributed by atoms with Crippen LogP contribution in [0.15, 0.2) is 6.33 Å². The number of hydrogen-bond donors (Lipinski definition) is 1. The summed E-state index contributed by atoms with van der Waals surface area (Å²) >= 11 is 0. The van der Waals surface area contributed by atoms with Crippen molar-refractivity contribution < 1.29 is 9.66 Å². The Hall–Kier alpha value is -1.96. The molecule has 8 nitrogen and oxygen atoms in total. The molecule has 1 aromatic rings. The fourth-order valence-corrected chi connectivity index (χ4v) is 1.99. The zero-order valence-electron chi connectivity index (χ0n) is 11.9. The maximum absolute atomic E-state index is 11.4. The van der Waals surface area contributed by atoms with Gasteiger partial charge in [-0.3, -0.25) is 10.1 Å². The number of anilines is 2. The van der Waals surface area contributed by atoms with Crippen molar-refractivity contribution in [2.24, 2.45) is 0 Å². The summed E-state index contributed by atoms with van der Waals surface area (Å²) in [6.07, 6.45) is 1.35. The van der Waals surface area contributed by atoms with Gasteiger partial charge in [-0.05, 0) is 20.8 Å². The third kappa shape index (κ3) is 3.32. The molecule has 1 aliphatic heterocycles. The highest BCUT2D eigenvalue weighted by molar-refractivity contribution is 5.70. The van der Waals surface area contributed by atoms with Gasteiger partial charge in [0.2, 0.25) is 11.6 Å². The molecular formula is C12H19N5O3. The molecule has 1 saturated heterocycles. The second-order valence-corrected chi connectivity index (χ2v) is 5.63. The van der Waals surface area contributed by atoms with Crippen LogP contribution < -0.4 is 10.2 Å². The number of nitro groups is 1. The Kier molecular flexibility index (Phi) is 4.03. The van der Waals surface area contributed by atoms with Crippen molar-refractivity contribution in [1.29, 1.82) is 0 Å². The van der Waals surface area contributed by atoms with Crippen molar-refractivity contribution in [3.63, 3.8) is 0 Å². The quantitative estimate of drug-likeness (QED) is 0.661. The molecule has 0 radical (unpaired) electrons. The second kappa shape index (κ2) is 5.58. The van der Waals surface area contributed by atoms with Crippen molar-refractivity contribution in [3.05, 3.63) is 16.4 Å². The van der Waals surface area contributed by atoms with Gasteiger partial charge < -0.3 is 15.0 Å². The van der Waals surface area contributed by atoms with E-state index in [4.69, 9.17) is 4.74 Å². The average molecular weight is 281 g/mol. The van der Waals surface area contributed by atoms with Crippen LogP contribution in [0.5, 0.6) is 0 Å². The first-order valence-electron chi connectivity index (χ1n) is 6.49. The standard InChI is InChI=1S/C12H19N5O3/c1-12(2,3)15-10-9(17(18)19)11(14-8-13-10)16-4-6-20-7-5-16/h8H,4-7H2,1-3H3,(H,13,14,15). The lowest BCUT2D eigenvalue weighted by Crippen LogP contribution is -2.37. The smallest absolute Gasteiger partial charge is 0.353 e. The number of ether oxygens (including phenoxy) is 1. The van der Waals surface area contributed by atoms with Crippen molar-refractivity contribution >= 4 is 17.3 Å². The Bertz CT molecular complexity index is 494. The van der Waals surface area contributed by atoms with Gasteiger partial charge in [-0.25, -0.2) is 9.97 Å². The van der Waals surface area contributed by atoms with Crippen LogP contribution in [-0.2, 0) is 4.74 Å². The minimum atomic E-state index is -0.432. The molecule has 0 bridgehead atoms. The minimum Gasteiger partial charge on any atom is -0.378 e. The number of nitrogens with one attached hydrogen (secondary N) is 1. The molecule has 8 heteroatoms. The number of rotatable bonds is 3. The van der Waals surface area contributed by atoms with Crippen molar-refractivity contribution in [3.8, 4) is 0 Å². The van der Waals surface area contributed by atoms with E-state index in [1.165, 1.54) is 6.33 Å². The van der Waals surface area contributed by atoms with Crippen LogP contribution >= 0.6 is 0 Å². The largest absolute Gasteiger partial charge is 0.378 e. The molecule has 0 aliphatic carbocycles. The van der Waals surface area contributed by atoms with Gasteiger partial charge in [-0.15, -0.1) is 0 Å². The van der Waals surface area contributed by atoms with Gasteiger partial charge >= 0.3 is 5.69 Å². The van der Waals surface area contributed by atoms with Crippen molar-refractivity contribution in [2.75, 3.05) is 36.5 Å². The third-order valence-electron chi connectivity index (χ3n) is 2.79. The van der Waals surface area contributed by atoms with Gasteiger partial charge in [0.1, 0.15) is 6.33 Å². The summed E-state index contributed by atoms with van der Waals surface area (Å²) in [5.74, 6) is 0.596. The zero-order valence-corrected chi connectivity index (χ0v) is 11.9. The van der Waals surface area contributed by atoms with E-state index in [-0.39, 0.29) is 17.0 Å². The number of nitrogens with zero attached hydrogens (tertiary/aromatic N) is 4. The van der Waals surface area contributed by atoms with Crippen LogP contribution in [-0.4, -0.2) is 46.7 Å². The molecule has 20 heavy (non-hydrogen) atoms. The van der Waals surface area contributed by atoms with Crippen LogP contribution in [0.1, 0.15) is 20.8 Å². The van der Waals surface area contributed by atoms with Crippen molar-refractivity contribution in [1.82, 2.24) is 9.97 Å². The molecule has 1 fully saturated rings. The second-order valence-electron chi connectivity index (χ2n) is 5.63. The summed E-state index contributed by atoms with van der Waals surface area (Å²) < 4.78 is 5.26. The molecule has 1 aromatic heterocycles. The first kappa shape index (κ1) is 14.4. The Labute approximate surface area is 117 Å². The SMILES string of the molecule is CC(C)(C)Nc1ncnc(N2CCOCC2)c1[N+](=O)[O-]. The molecule has 1 aliphatic rings. The highest BCUT2D eigenvalue weighted by atomic mass is 16.6. The van der Waals surface area contributed by atoms with E-state index >= 15 is 0 Å². The van der Waals surface area contributed by atoms with Gasteiger partial charge in [-0.2, -0.15) is 0 Å². The normalized spacial score (nSPS) is 16.1. The molecule has 0 amide bonds. The van der Waals surface area contributed by atoms with E-state index in [9.17, 15) is 10.1 Å². The minimum absolute atomic E-state index is 0.0793. The van der Waals surface area contributed by atoms with E-state index in [1.54, 1.807) is 0 Å². The summed E-state index contributed by atoms with van der Waals surface area (Å²) in [5.41, 5.74) is -0.397. The van der Waals surface area contributed by atoms with Crippen LogP contribution in [0.25, 0.3) is 0 Å². The summed E-state index contributed by atoms with van der Waals surface area (Å²) in [7, 11) is 0. The summed E-state index contributed by atoms with van der Waals surface area (Å²) in [5, 5.41) is 14.5. The van der Waals surface area contributed by atoms with E-state index < -0.39 is 4.92 Å². The predicted molar refractivity (Wildman–Crippen MR) is 75.1 cm³/mol. The Morgan fingerprint density at radius 1 is 1.35 bits per heavy atom. The lowest BCUT2D eigenvalue weighted by molar-refractivity contribution is -0.383. The Morgan fingerprint density at radius 2 is 2.00 bits per heavy atom. The lowest BCUT2D eigenvalue weighted by atomic mass is 10.1.